The molecule has 0 unspecified atom stereocenters. The van der Waals surface area contributed by atoms with Gasteiger partial charge >= 0.3 is 5.97 Å². The molecule has 62 heavy (non-hydrogen) atoms. The fraction of sp³-hybridized carbons (Fsp3) is 0.656. The average molecular weight is 898 g/mol. The lowest BCUT2D eigenvalue weighted by Gasteiger charge is -2.27. The molecule has 0 saturated heterocycles. The van der Waals surface area contributed by atoms with Crippen LogP contribution in [0.1, 0.15) is 26.7 Å². The molecule has 30 nitrogen and oxygen atoms in total. The van der Waals surface area contributed by atoms with Crippen molar-refractivity contribution in [1.29, 1.82) is 0 Å². The number of nitrogens with two attached hydrogens (primary N) is 2. The fourth-order valence-corrected chi connectivity index (χ4v) is 4.56. The van der Waals surface area contributed by atoms with E-state index in [9.17, 15) is 83.4 Å². The number of aliphatic hydroxyl groups excluding tert-OH is 7. The molecule has 10 amide bonds. The summed E-state index contributed by atoms with van der Waals surface area (Å²) in [5, 5.41) is 94.7. The summed E-state index contributed by atoms with van der Waals surface area (Å²) >= 11 is 0. The number of nitrogens with one attached hydrogen (secondary N) is 9. The minimum absolute atomic E-state index is 0.580. The predicted octanol–water partition coefficient (Wildman–Crippen LogP) is -13.0. The van der Waals surface area contributed by atoms with Crippen molar-refractivity contribution in [2.45, 2.75) is 87.2 Å². The Bertz CT molecular complexity index is 1600. The number of amides is 10. The Hall–Kier alpha value is -6.15. The van der Waals surface area contributed by atoms with Gasteiger partial charge in [-0.05, 0) is 20.3 Å². The molecule has 0 radical (unpaired) electrons. The van der Waals surface area contributed by atoms with Gasteiger partial charge in [0.05, 0.1) is 58.3 Å². The van der Waals surface area contributed by atoms with Crippen LogP contribution in [0.4, 0.5) is 0 Å². The molecule has 0 aliphatic rings. The Morgan fingerprint density at radius 2 is 0.806 bits per heavy atom. The molecule has 21 N–H and O–H groups in total. The Kier molecular flexibility index (Phi) is 25.6. The van der Waals surface area contributed by atoms with Gasteiger partial charge in [-0.25, -0.2) is 4.79 Å². The summed E-state index contributed by atoms with van der Waals surface area (Å²) in [4.78, 5) is 136. The quantitative estimate of drug-likeness (QED) is 0.0331. The first-order valence-corrected chi connectivity index (χ1v) is 18.3. The highest BCUT2D eigenvalue weighted by molar-refractivity contribution is 5.98. The summed E-state index contributed by atoms with van der Waals surface area (Å²) in [6.45, 7) is -5.14. The van der Waals surface area contributed by atoms with E-state index < -0.39 is 185 Å². The van der Waals surface area contributed by atoms with Crippen LogP contribution < -0.4 is 59.3 Å². The molecular formula is C32H55N11O19. The molecule has 0 aromatic rings. The van der Waals surface area contributed by atoms with Crippen molar-refractivity contribution in [3.8, 4) is 0 Å². The van der Waals surface area contributed by atoms with Crippen molar-refractivity contribution >= 4 is 65.0 Å². The molecule has 10 atom stereocenters. The van der Waals surface area contributed by atoms with Crippen LogP contribution in [0.25, 0.3) is 0 Å². The molecule has 0 aromatic heterocycles. The van der Waals surface area contributed by atoms with Crippen LogP contribution in [0.2, 0.25) is 0 Å². The Balaban J connectivity index is 5.70. The highest BCUT2D eigenvalue weighted by Crippen LogP contribution is 2.03. The van der Waals surface area contributed by atoms with Gasteiger partial charge in [-0.3, -0.25) is 47.9 Å². The molecular weight excluding hydrogens is 842 g/mol. The monoisotopic (exact) mass is 897 g/mol. The number of hydrogen-bond donors (Lipinski definition) is 19. The van der Waals surface area contributed by atoms with Gasteiger partial charge in [-0.2, -0.15) is 0 Å². The van der Waals surface area contributed by atoms with E-state index in [0.29, 0.717) is 0 Å². The maximum absolute atomic E-state index is 13.2. The highest BCUT2D eigenvalue weighted by Gasteiger charge is 2.35. The number of rotatable bonds is 29. The second-order valence-electron chi connectivity index (χ2n) is 13.2. The zero-order valence-electron chi connectivity index (χ0n) is 33.4. The van der Waals surface area contributed by atoms with E-state index in [1.54, 1.807) is 0 Å². The Morgan fingerprint density at radius 1 is 0.468 bits per heavy atom. The summed E-state index contributed by atoms with van der Waals surface area (Å²) in [6.07, 6.45) is -2.86. The number of hydrogen-bond acceptors (Lipinski definition) is 19. The third-order valence-corrected chi connectivity index (χ3v) is 8.11. The first-order valence-electron chi connectivity index (χ1n) is 18.3. The minimum Gasteiger partial charge on any atom is -0.480 e. The lowest BCUT2D eigenvalue weighted by Crippen LogP contribution is -2.62. The average Bonchev–Trinajstić information content (AvgIpc) is 3.22. The normalized spacial score (nSPS) is 15.7. The molecule has 0 aliphatic heterocycles. The summed E-state index contributed by atoms with van der Waals surface area (Å²) in [5.74, 6) is -13.4. The number of carbonyl (C=O) groups excluding carboxylic acids is 10. The summed E-state index contributed by atoms with van der Waals surface area (Å²) < 4.78 is 0. The molecule has 0 aromatic carbocycles. The molecule has 0 rings (SSSR count). The van der Waals surface area contributed by atoms with E-state index in [1.807, 2.05) is 37.2 Å². The molecule has 0 spiro atoms. The summed E-state index contributed by atoms with van der Waals surface area (Å²) in [7, 11) is 0. The highest BCUT2D eigenvalue weighted by atomic mass is 16.4. The van der Waals surface area contributed by atoms with E-state index in [1.165, 1.54) is 6.92 Å². The smallest absolute Gasteiger partial charge is 0.328 e. The van der Waals surface area contributed by atoms with E-state index in [-0.39, 0.29) is 0 Å². The molecule has 0 heterocycles. The van der Waals surface area contributed by atoms with Gasteiger partial charge in [-0.1, -0.05) is 0 Å². The van der Waals surface area contributed by atoms with E-state index >= 15 is 0 Å². The Morgan fingerprint density at radius 3 is 1.18 bits per heavy atom. The fourth-order valence-electron chi connectivity index (χ4n) is 4.56. The zero-order valence-corrected chi connectivity index (χ0v) is 33.4. The van der Waals surface area contributed by atoms with Gasteiger partial charge in [0.2, 0.25) is 59.1 Å². The minimum atomic E-state index is -1.94. The van der Waals surface area contributed by atoms with E-state index in [0.717, 1.165) is 6.92 Å². The van der Waals surface area contributed by atoms with Crippen molar-refractivity contribution in [3.63, 3.8) is 0 Å². The van der Waals surface area contributed by atoms with Crippen LogP contribution in [0.15, 0.2) is 0 Å². The lowest BCUT2D eigenvalue weighted by molar-refractivity contribution is -0.144. The maximum Gasteiger partial charge on any atom is 0.328 e. The van der Waals surface area contributed by atoms with Crippen molar-refractivity contribution in [2.24, 2.45) is 11.5 Å². The molecule has 0 bridgehead atoms. The van der Waals surface area contributed by atoms with E-state index in [4.69, 9.17) is 21.7 Å². The van der Waals surface area contributed by atoms with Crippen molar-refractivity contribution < 1.29 is 93.6 Å². The molecule has 0 fully saturated rings. The van der Waals surface area contributed by atoms with Gasteiger partial charge in [-0.15, -0.1) is 0 Å². The van der Waals surface area contributed by atoms with Crippen LogP contribution >= 0.6 is 0 Å². The standard InChI is InChI=1S/C32H55N11O19/c1-12(33)24(53)38-17(8-46)29(58)39-15(6-44)25(54)35-5-22(52)36-16(7-45)27(56)41-18(9-47)28(57)37-14(3-4-21(34)51)26(55)40-19(10-48)30(59)43-23(13(2)50)31(60)42-20(11-49)32(61)62/h12-20,23,44-50H,3-11,33H2,1-2H3,(H2,34,51)(H,35,54)(H,36,52)(H,37,57)(H,38,53)(H,39,58)(H,40,55)(H,41,56)(H,42,60)(H,43,59)(H,61,62)/t12-,13+,14-,15-,16-,17-,18-,19-,20-,23-/m0/s1. The van der Waals surface area contributed by atoms with Crippen LogP contribution in [-0.2, 0) is 52.7 Å². The van der Waals surface area contributed by atoms with Gasteiger partial charge < -0.3 is 100 Å². The predicted molar refractivity (Wildman–Crippen MR) is 202 cm³/mol. The Labute approximate surface area is 351 Å². The molecule has 0 saturated carbocycles. The van der Waals surface area contributed by atoms with Crippen molar-refractivity contribution in [1.82, 2.24) is 47.9 Å². The van der Waals surface area contributed by atoms with Gasteiger partial charge in [0.25, 0.3) is 0 Å². The van der Waals surface area contributed by atoms with E-state index in [2.05, 4.69) is 10.6 Å². The van der Waals surface area contributed by atoms with Crippen LogP contribution in [0, 0.1) is 0 Å². The van der Waals surface area contributed by atoms with Crippen molar-refractivity contribution in [3.05, 3.63) is 0 Å². The third kappa shape index (κ3) is 19.5. The zero-order chi connectivity index (χ0) is 47.9. The van der Waals surface area contributed by atoms with Gasteiger partial charge in [0, 0.05) is 6.42 Å². The van der Waals surface area contributed by atoms with Crippen LogP contribution in [-0.4, -0.2) is 213 Å². The third-order valence-electron chi connectivity index (χ3n) is 8.11. The number of carbonyl (C=O) groups is 11. The molecule has 30 heteroatoms. The number of carboxylic acid groups (broad SMARTS) is 1. The molecule has 352 valence electrons. The summed E-state index contributed by atoms with van der Waals surface area (Å²) in [6, 6.07) is -15.6. The van der Waals surface area contributed by atoms with Crippen molar-refractivity contribution in [2.75, 3.05) is 46.2 Å². The first kappa shape index (κ1) is 55.8. The first-order chi connectivity index (χ1) is 29.0. The lowest BCUT2D eigenvalue weighted by atomic mass is 10.1. The van der Waals surface area contributed by atoms with Crippen LogP contribution in [0.5, 0.6) is 0 Å². The second kappa shape index (κ2) is 28.4. The second-order valence-corrected chi connectivity index (χ2v) is 13.2. The summed E-state index contributed by atoms with van der Waals surface area (Å²) in [5.41, 5.74) is 10.5. The number of aliphatic hydroxyl groups is 7. The largest absolute Gasteiger partial charge is 0.480 e. The van der Waals surface area contributed by atoms with Gasteiger partial charge in [0.15, 0.2) is 0 Å². The topological polar surface area (TPSA) is 510 Å². The number of primary amides is 1. The molecule has 0 aliphatic carbocycles. The van der Waals surface area contributed by atoms with Gasteiger partial charge in [0.1, 0.15) is 48.3 Å². The SMILES string of the molecule is C[C@H](N)C(=O)N[C@@H](CO)C(=O)N[C@@H](CO)C(=O)NCC(=O)N[C@@H](CO)C(=O)N[C@@H](CO)C(=O)N[C@@H](CCC(N)=O)C(=O)N[C@@H](CO)C(=O)N[C@H](C(=O)N[C@@H](CO)C(=O)O)[C@@H](C)O. The number of carboxylic acids is 1. The van der Waals surface area contributed by atoms with Crippen LogP contribution in [0.3, 0.4) is 0 Å². The maximum atomic E-state index is 13.2. The number of aliphatic carboxylic acids is 1.